The standard InChI is InChI=1S/C13H15N3O/c1-3-11-14-9(2)12(16-11)13(17)15-10-7-5-4-6-8-10/h4-8H,3H2,1-2H3,(H,14,16)(H,15,17). The zero-order valence-electron chi connectivity index (χ0n) is 9.95. The molecule has 2 aromatic rings. The first-order valence-corrected chi connectivity index (χ1v) is 5.62. The molecule has 0 radical (unpaired) electrons. The van der Waals surface area contributed by atoms with Crippen LogP contribution in [0.25, 0.3) is 0 Å². The lowest BCUT2D eigenvalue weighted by Crippen LogP contribution is -2.13. The summed E-state index contributed by atoms with van der Waals surface area (Å²) < 4.78 is 0. The average Bonchev–Trinajstić information content (AvgIpc) is 2.72. The van der Waals surface area contributed by atoms with Gasteiger partial charge in [0, 0.05) is 17.8 Å². The Balaban J connectivity index is 2.17. The first kappa shape index (κ1) is 11.4. The zero-order chi connectivity index (χ0) is 12.3. The first-order chi connectivity index (χ1) is 8.20. The van der Waals surface area contributed by atoms with Crippen LogP contribution < -0.4 is 5.32 Å². The molecule has 2 N–H and O–H groups in total. The quantitative estimate of drug-likeness (QED) is 0.849. The number of aromatic nitrogens is 2. The molecular formula is C13H15N3O. The summed E-state index contributed by atoms with van der Waals surface area (Å²) in [5.41, 5.74) is 2.04. The second-order valence-corrected chi connectivity index (χ2v) is 3.83. The summed E-state index contributed by atoms with van der Waals surface area (Å²) in [6, 6.07) is 9.36. The van der Waals surface area contributed by atoms with Crippen LogP contribution in [0.5, 0.6) is 0 Å². The monoisotopic (exact) mass is 229 g/mol. The maximum Gasteiger partial charge on any atom is 0.276 e. The lowest BCUT2D eigenvalue weighted by Gasteiger charge is -2.02. The molecule has 0 atom stereocenters. The SMILES string of the molecule is CCc1nc(C(=O)Nc2ccccc2)c(C)[nH]1. The second kappa shape index (κ2) is 4.82. The number of hydrogen-bond donors (Lipinski definition) is 2. The van der Waals surface area contributed by atoms with E-state index in [1.54, 1.807) is 0 Å². The number of aromatic amines is 1. The average molecular weight is 229 g/mol. The molecule has 0 unspecified atom stereocenters. The Morgan fingerprint density at radius 3 is 2.65 bits per heavy atom. The molecule has 1 aromatic carbocycles. The van der Waals surface area contributed by atoms with E-state index in [-0.39, 0.29) is 5.91 Å². The van der Waals surface area contributed by atoms with Crippen molar-refractivity contribution in [2.24, 2.45) is 0 Å². The van der Waals surface area contributed by atoms with Crippen molar-refractivity contribution in [2.45, 2.75) is 20.3 Å². The highest BCUT2D eigenvalue weighted by atomic mass is 16.1. The van der Waals surface area contributed by atoms with Gasteiger partial charge in [-0.15, -0.1) is 0 Å². The summed E-state index contributed by atoms with van der Waals surface area (Å²) in [6.45, 7) is 3.85. The van der Waals surface area contributed by atoms with Gasteiger partial charge in [-0.3, -0.25) is 4.79 Å². The minimum Gasteiger partial charge on any atom is -0.345 e. The fourth-order valence-corrected chi connectivity index (χ4v) is 1.62. The Kier molecular flexibility index (Phi) is 3.23. The Morgan fingerprint density at radius 2 is 2.06 bits per heavy atom. The van der Waals surface area contributed by atoms with E-state index in [9.17, 15) is 4.79 Å². The molecule has 0 spiro atoms. The lowest BCUT2D eigenvalue weighted by atomic mass is 10.3. The maximum absolute atomic E-state index is 12.0. The van der Waals surface area contributed by atoms with Crippen LogP contribution in [0.1, 0.15) is 28.9 Å². The van der Waals surface area contributed by atoms with Gasteiger partial charge in [0.1, 0.15) is 11.5 Å². The third-order valence-electron chi connectivity index (χ3n) is 2.52. The molecule has 17 heavy (non-hydrogen) atoms. The van der Waals surface area contributed by atoms with Crippen molar-refractivity contribution in [1.82, 2.24) is 9.97 Å². The van der Waals surface area contributed by atoms with E-state index in [1.807, 2.05) is 44.2 Å². The van der Waals surface area contributed by atoms with E-state index in [0.717, 1.165) is 23.6 Å². The zero-order valence-corrected chi connectivity index (χ0v) is 9.95. The van der Waals surface area contributed by atoms with Crippen LogP contribution in [-0.4, -0.2) is 15.9 Å². The molecule has 0 aliphatic carbocycles. The fourth-order valence-electron chi connectivity index (χ4n) is 1.62. The highest BCUT2D eigenvalue weighted by molar-refractivity contribution is 6.03. The molecule has 0 fully saturated rings. The van der Waals surface area contributed by atoms with Gasteiger partial charge in [0.15, 0.2) is 0 Å². The summed E-state index contributed by atoms with van der Waals surface area (Å²) in [5.74, 6) is 0.658. The van der Waals surface area contributed by atoms with Gasteiger partial charge in [-0.25, -0.2) is 4.98 Å². The van der Waals surface area contributed by atoms with Gasteiger partial charge < -0.3 is 10.3 Å². The molecule has 1 aromatic heterocycles. The molecule has 88 valence electrons. The Morgan fingerprint density at radius 1 is 1.35 bits per heavy atom. The van der Waals surface area contributed by atoms with Gasteiger partial charge in [-0.1, -0.05) is 25.1 Å². The Hall–Kier alpha value is -2.10. The van der Waals surface area contributed by atoms with Crippen molar-refractivity contribution in [2.75, 3.05) is 5.32 Å². The summed E-state index contributed by atoms with van der Waals surface area (Å²) in [7, 11) is 0. The van der Waals surface area contributed by atoms with Crippen molar-refractivity contribution in [3.8, 4) is 0 Å². The molecule has 1 amide bonds. The highest BCUT2D eigenvalue weighted by Crippen LogP contribution is 2.10. The molecule has 0 saturated heterocycles. The smallest absolute Gasteiger partial charge is 0.276 e. The molecule has 0 aliphatic heterocycles. The van der Waals surface area contributed by atoms with Crippen LogP contribution in [0.2, 0.25) is 0 Å². The molecule has 0 saturated carbocycles. The van der Waals surface area contributed by atoms with Crippen molar-refractivity contribution in [3.05, 3.63) is 47.5 Å². The van der Waals surface area contributed by atoms with Gasteiger partial charge in [0.25, 0.3) is 5.91 Å². The minimum atomic E-state index is -0.176. The minimum absolute atomic E-state index is 0.176. The van der Waals surface area contributed by atoms with E-state index in [2.05, 4.69) is 15.3 Å². The number of nitrogens with one attached hydrogen (secondary N) is 2. The third-order valence-corrected chi connectivity index (χ3v) is 2.52. The van der Waals surface area contributed by atoms with E-state index in [0.29, 0.717) is 5.69 Å². The Bertz CT molecular complexity index is 517. The van der Waals surface area contributed by atoms with Gasteiger partial charge in [-0.05, 0) is 19.1 Å². The molecule has 1 heterocycles. The second-order valence-electron chi connectivity index (χ2n) is 3.83. The van der Waals surface area contributed by atoms with Crippen LogP contribution in [-0.2, 0) is 6.42 Å². The summed E-state index contributed by atoms with van der Waals surface area (Å²) in [6.07, 6.45) is 0.791. The summed E-state index contributed by atoms with van der Waals surface area (Å²) in [5, 5.41) is 2.82. The Labute approximate surface area is 100 Å². The molecular weight excluding hydrogens is 214 g/mol. The van der Waals surface area contributed by atoms with E-state index in [4.69, 9.17) is 0 Å². The fraction of sp³-hybridized carbons (Fsp3) is 0.231. The number of hydrogen-bond acceptors (Lipinski definition) is 2. The van der Waals surface area contributed by atoms with Gasteiger partial charge in [0.05, 0.1) is 0 Å². The largest absolute Gasteiger partial charge is 0.345 e. The highest BCUT2D eigenvalue weighted by Gasteiger charge is 2.13. The number of amides is 1. The third kappa shape index (κ3) is 2.53. The summed E-state index contributed by atoms with van der Waals surface area (Å²) >= 11 is 0. The number of carbonyl (C=O) groups excluding carboxylic acids is 1. The molecule has 4 heteroatoms. The van der Waals surface area contributed by atoms with E-state index < -0.39 is 0 Å². The van der Waals surface area contributed by atoms with Crippen molar-refractivity contribution < 1.29 is 4.79 Å². The molecule has 4 nitrogen and oxygen atoms in total. The van der Waals surface area contributed by atoms with Crippen molar-refractivity contribution in [1.29, 1.82) is 0 Å². The van der Waals surface area contributed by atoms with Gasteiger partial charge in [0.2, 0.25) is 0 Å². The van der Waals surface area contributed by atoms with Crippen LogP contribution in [0.4, 0.5) is 5.69 Å². The number of carbonyl (C=O) groups is 1. The number of H-pyrrole nitrogens is 1. The number of aryl methyl sites for hydroxylation is 2. The van der Waals surface area contributed by atoms with Gasteiger partial charge >= 0.3 is 0 Å². The molecule has 0 aliphatic rings. The summed E-state index contributed by atoms with van der Waals surface area (Å²) in [4.78, 5) is 19.3. The van der Waals surface area contributed by atoms with E-state index >= 15 is 0 Å². The topological polar surface area (TPSA) is 57.8 Å². The van der Waals surface area contributed by atoms with Crippen LogP contribution in [0, 0.1) is 6.92 Å². The number of rotatable bonds is 3. The normalized spacial score (nSPS) is 10.2. The maximum atomic E-state index is 12.0. The van der Waals surface area contributed by atoms with Gasteiger partial charge in [-0.2, -0.15) is 0 Å². The number of nitrogens with zero attached hydrogens (tertiary/aromatic N) is 1. The number of anilines is 1. The predicted molar refractivity (Wildman–Crippen MR) is 67.1 cm³/mol. The number of para-hydroxylation sites is 1. The van der Waals surface area contributed by atoms with E-state index in [1.165, 1.54) is 0 Å². The van der Waals surface area contributed by atoms with Crippen LogP contribution >= 0.6 is 0 Å². The lowest BCUT2D eigenvalue weighted by molar-refractivity contribution is 0.102. The van der Waals surface area contributed by atoms with Crippen LogP contribution in [0.3, 0.4) is 0 Å². The van der Waals surface area contributed by atoms with Crippen molar-refractivity contribution >= 4 is 11.6 Å². The van der Waals surface area contributed by atoms with Crippen molar-refractivity contribution in [3.63, 3.8) is 0 Å². The molecule has 2 rings (SSSR count). The predicted octanol–water partition coefficient (Wildman–Crippen LogP) is 2.53. The first-order valence-electron chi connectivity index (χ1n) is 5.62. The number of benzene rings is 1. The van der Waals surface area contributed by atoms with Crippen LogP contribution in [0.15, 0.2) is 30.3 Å². The molecule has 0 bridgehead atoms. The number of imidazole rings is 1.